The van der Waals surface area contributed by atoms with Crippen molar-refractivity contribution < 1.29 is 9.72 Å². The number of benzene rings is 1. The Morgan fingerprint density at radius 1 is 1.55 bits per heavy atom. The number of nitriles is 1. The van der Waals surface area contributed by atoms with Crippen molar-refractivity contribution in [3.63, 3.8) is 0 Å². The van der Waals surface area contributed by atoms with Crippen LogP contribution in [0, 0.1) is 26.9 Å². The van der Waals surface area contributed by atoms with Crippen LogP contribution in [0.4, 0.5) is 11.4 Å². The normalized spacial score (nSPS) is 20.2. The Morgan fingerprint density at radius 2 is 2.23 bits per heavy atom. The van der Waals surface area contributed by atoms with E-state index in [0.717, 1.165) is 12.8 Å². The lowest BCUT2D eigenvalue weighted by atomic mass is 9.77. The molecule has 22 heavy (non-hydrogen) atoms. The highest BCUT2D eigenvalue weighted by atomic mass is 16.6. The van der Waals surface area contributed by atoms with Crippen molar-refractivity contribution in [2.45, 2.75) is 32.7 Å². The van der Waals surface area contributed by atoms with Crippen molar-refractivity contribution >= 4 is 17.3 Å². The number of hydrogen-bond acceptors (Lipinski definition) is 5. The molecule has 7 heteroatoms. The second kappa shape index (κ2) is 5.64. The minimum Gasteiger partial charge on any atom is -0.393 e. The Bertz CT molecular complexity index is 663. The van der Waals surface area contributed by atoms with Gasteiger partial charge in [-0.3, -0.25) is 14.9 Å². The van der Waals surface area contributed by atoms with Crippen LogP contribution in [0.2, 0.25) is 0 Å². The van der Waals surface area contributed by atoms with Gasteiger partial charge < -0.3 is 10.6 Å². The molecule has 1 aliphatic rings. The number of anilines is 1. The molecule has 0 bridgehead atoms. The Balaban J connectivity index is 2.37. The van der Waals surface area contributed by atoms with Gasteiger partial charge in [0.2, 0.25) is 0 Å². The van der Waals surface area contributed by atoms with Gasteiger partial charge in [0.15, 0.2) is 0 Å². The lowest BCUT2D eigenvalue weighted by molar-refractivity contribution is -0.383. The SMILES string of the molecule is CC1(C)CCCN(C(=O)c2ccc(N)c([N+](=O)[O-])c2)[C@H]1C#N. The minimum atomic E-state index is -0.617. The van der Waals surface area contributed by atoms with Crippen molar-refractivity contribution in [3.8, 4) is 6.07 Å². The summed E-state index contributed by atoms with van der Waals surface area (Å²) in [7, 11) is 0. The van der Waals surface area contributed by atoms with E-state index in [1.54, 1.807) is 0 Å². The molecule has 2 N–H and O–H groups in total. The van der Waals surface area contributed by atoms with Crippen molar-refractivity contribution in [2.75, 3.05) is 12.3 Å². The van der Waals surface area contributed by atoms with Crippen molar-refractivity contribution in [3.05, 3.63) is 33.9 Å². The third-order valence-electron chi connectivity index (χ3n) is 4.13. The van der Waals surface area contributed by atoms with Gasteiger partial charge in [-0.2, -0.15) is 5.26 Å². The largest absolute Gasteiger partial charge is 0.393 e. The van der Waals surface area contributed by atoms with Crippen molar-refractivity contribution in [1.29, 1.82) is 5.26 Å². The quantitative estimate of drug-likeness (QED) is 0.511. The van der Waals surface area contributed by atoms with Gasteiger partial charge in [0.1, 0.15) is 11.7 Å². The molecule has 2 rings (SSSR count). The maximum absolute atomic E-state index is 12.7. The summed E-state index contributed by atoms with van der Waals surface area (Å²) in [5.41, 5.74) is 5.14. The number of rotatable bonds is 2. The van der Waals surface area contributed by atoms with Crippen molar-refractivity contribution in [2.24, 2.45) is 5.41 Å². The predicted molar refractivity (Wildman–Crippen MR) is 81.0 cm³/mol. The van der Waals surface area contributed by atoms with Crippen molar-refractivity contribution in [1.82, 2.24) is 4.90 Å². The van der Waals surface area contributed by atoms with Crippen LogP contribution in [0.3, 0.4) is 0 Å². The zero-order chi connectivity index (χ0) is 16.5. The summed E-state index contributed by atoms with van der Waals surface area (Å²) >= 11 is 0. The minimum absolute atomic E-state index is 0.0114. The van der Waals surface area contributed by atoms with Crippen LogP contribution in [0.1, 0.15) is 37.0 Å². The summed E-state index contributed by atoms with van der Waals surface area (Å²) < 4.78 is 0. The lowest BCUT2D eigenvalue weighted by Crippen LogP contribution is -2.51. The molecule has 116 valence electrons. The average Bonchev–Trinajstić information content (AvgIpc) is 2.45. The Kier molecular flexibility index (Phi) is 4.04. The highest BCUT2D eigenvalue weighted by Gasteiger charge is 2.40. The van der Waals surface area contributed by atoms with Gasteiger partial charge in [-0.15, -0.1) is 0 Å². The molecule has 1 saturated heterocycles. The number of hydrogen-bond donors (Lipinski definition) is 1. The van der Waals surface area contributed by atoms with E-state index in [1.165, 1.54) is 23.1 Å². The highest BCUT2D eigenvalue weighted by molar-refractivity contribution is 5.96. The molecule has 0 spiro atoms. The number of nitro groups is 1. The summed E-state index contributed by atoms with van der Waals surface area (Å²) in [4.78, 5) is 24.5. The number of carbonyl (C=O) groups excluding carboxylic acids is 1. The monoisotopic (exact) mass is 302 g/mol. The van der Waals surface area contributed by atoms with E-state index in [4.69, 9.17) is 5.73 Å². The van der Waals surface area contributed by atoms with E-state index < -0.39 is 11.0 Å². The summed E-state index contributed by atoms with van der Waals surface area (Å²) in [5.74, 6) is -0.373. The predicted octanol–water partition coefficient (Wildman–Crippen LogP) is 2.33. The molecule has 0 saturated carbocycles. The van der Waals surface area contributed by atoms with Crippen LogP contribution >= 0.6 is 0 Å². The lowest BCUT2D eigenvalue weighted by Gasteiger charge is -2.42. The fourth-order valence-corrected chi connectivity index (χ4v) is 2.86. The van der Waals surface area contributed by atoms with Crippen LogP contribution in [0.15, 0.2) is 18.2 Å². The van der Waals surface area contributed by atoms with Gasteiger partial charge in [0.05, 0.1) is 11.0 Å². The maximum atomic E-state index is 12.7. The molecule has 1 heterocycles. The van der Waals surface area contributed by atoms with Crippen LogP contribution in [-0.2, 0) is 0 Å². The first-order valence-electron chi connectivity index (χ1n) is 7.02. The summed E-state index contributed by atoms with van der Waals surface area (Å²) in [6.45, 7) is 4.37. The number of nitrogens with zero attached hydrogens (tertiary/aromatic N) is 3. The van der Waals surface area contributed by atoms with Crippen LogP contribution in [-0.4, -0.2) is 28.3 Å². The third-order valence-corrected chi connectivity index (χ3v) is 4.13. The van der Waals surface area contributed by atoms with E-state index >= 15 is 0 Å². The van der Waals surface area contributed by atoms with E-state index in [-0.39, 0.29) is 28.3 Å². The molecule has 1 aliphatic heterocycles. The van der Waals surface area contributed by atoms with Gasteiger partial charge in [-0.1, -0.05) is 13.8 Å². The van der Waals surface area contributed by atoms with Crippen LogP contribution in [0.25, 0.3) is 0 Å². The molecular formula is C15H18N4O3. The maximum Gasteiger partial charge on any atom is 0.292 e. The van der Waals surface area contributed by atoms with Crippen LogP contribution in [0.5, 0.6) is 0 Å². The number of amides is 1. The fraction of sp³-hybridized carbons (Fsp3) is 0.467. The molecule has 0 radical (unpaired) electrons. The number of nitro benzene ring substituents is 1. The van der Waals surface area contributed by atoms with Gasteiger partial charge in [-0.25, -0.2) is 0 Å². The molecule has 1 aromatic carbocycles. The zero-order valence-electron chi connectivity index (χ0n) is 12.6. The topological polar surface area (TPSA) is 113 Å². The molecule has 0 aromatic heterocycles. The molecular weight excluding hydrogens is 284 g/mol. The third kappa shape index (κ3) is 2.72. The number of piperidine rings is 1. The Hall–Kier alpha value is -2.62. The number of likely N-dealkylation sites (tertiary alicyclic amines) is 1. The fourth-order valence-electron chi connectivity index (χ4n) is 2.86. The van der Waals surface area contributed by atoms with Gasteiger partial charge in [-0.05, 0) is 30.4 Å². The number of carbonyl (C=O) groups is 1. The van der Waals surface area contributed by atoms with Crippen LogP contribution < -0.4 is 5.73 Å². The molecule has 7 nitrogen and oxygen atoms in total. The summed E-state index contributed by atoms with van der Waals surface area (Å²) in [6, 6.07) is 5.62. The highest BCUT2D eigenvalue weighted by Crippen LogP contribution is 2.36. The van der Waals surface area contributed by atoms with E-state index in [9.17, 15) is 20.2 Å². The molecule has 1 fully saturated rings. The summed E-state index contributed by atoms with van der Waals surface area (Å²) in [6.07, 6.45) is 1.66. The summed E-state index contributed by atoms with van der Waals surface area (Å²) in [5, 5.41) is 20.4. The molecule has 1 aromatic rings. The molecule has 1 amide bonds. The smallest absolute Gasteiger partial charge is 0.292 e. The second-order valence-electron chi connectivity index (χ2n) is 6.15. The first-order valence-corrected chi connectivity index (χ1v) is 7.02. The molecule has 0 unspecified atom stereocenters. The molecule has 0 aliphatic carbocycles. The first-order chi connectivity index (χ1) is 10.3. The number of nitrogen functional groups attached to an aromatic ring is 1. The van der Waals surface area contributed by atoms with Gasteiger partial charge >= 0.3 is 0 Å². The van der Waals surface area contributed by atoms with Gasteiger partial charge in [0.25, 0.3) is 11.6 Å². The van der Waals surface area contributed by atoms with E-state index in [2.05, 4.69) is 6.07 Å². The molecule has 1 atom stereocenters. The van der Waals surface area contributed by atoms with E-state index in [0.29, 0.717) is 6.54 Å². The zero-order valence-corrected chi connectivity index (χ0v) is 12.6. The van der Waals surface area contributed by atoms with Gasteiger partial charge in [0, 0.05) is 18.2 Å². The first kappa shape index (κ1) is 15.8. The Morgan fingerprint density at radius 3 is 2.82 bits per heavy atom. The Labute approximate surface area is 128 Å². The second-order valence-corrected chi connectivity index (χ2v) is 6.15. The standard InChI is InChI=1S/C15H18N4O3/c1-15(2)6-3-7-18(13(15)9-16)14(20)10-4-5-11(17)12(8-10)19(21)22/h4-5,8,13H,3,6-7,17H2,1-2H3/t13-/m0/s1. The van der Waals surface area contributed by atoms with E-state index in [1.807, 2.05) is 13.8 Å². The number of nitrogens with two attached hydrogens (primary N) is 1. The average molecular weight is 302 g/mol.